The number of rotatable bonds is 7. The third-order valence-corrected chi connectivity index (χ3v) is 4.35. The van der Waals surface area contributed by atoms with Gasteiger partial charge in [0.2, 0.25) is 0 Å². The summed E-state index contributed by atoms with van der Waals surface area (Å²) in [5, 5.41) is 12.3. The minimum Gasteiger partial charge on any atom is -0.451 e. The number of amides is 1. The minimum absolute atomic E-state index is 0.174. The van der Waals surface area contributed by atoms with Crippen LogP contribution in [0.2, 0.25) is 5.02 Å². The van der Waals surface area contributed by atoms with Gasteiger partial charge >= 0.3 is 5.97 Å². The van der Waals surface area contributed by atoms with Crippen LogP contribution < -0.4 is 5.32 Å². The first kappa shape index (κ1) is 22.2. The number of nitrogens with zero attached hydrogens (tertiary/aromatic N) is 3. The van der Waals surface area contributed by atoms with Gasteiger partial charge in [-0.1, -0.05) is 25.4 Å². The molecule has 0 saturated carbocycles. The predicted molar refractivity (Wildman–Crippen MR) is 111 cm³/mol. The van der Waals surface area contributed by atoms with E-state index in [4.69, 9.17) is 16.3 Å². The summed E-state index contributed by atoms with van der Waals surface area (Å²) in [7, 11) is 0. The second-order valence-electron chi connectivity index (χ2n) is 6.99. The molecule has 0 spiro atoms. The quantitative estimate of drug-likeness (QED) is 0.421. The molecule has 2 aromatic rings. The molecule has 7 nitrogen and oxygen atoms in total. The monoisotopic (exact) mass is 414 g/mol. The lowest BCUT2D eigenvalue weighted by Gasteiger charge is -2.12. The highest BCUT2D eigenvalue weighted by Crippen LogP contribution is 2.20. The SMILES string of the molecule is Cc1cc(C=C(C#N)C(=O)OCC(=O)Nc2ccc(Cl)cn2)c(C)n1CC(C)C. The van der Waals surface area contributed by atoms with Gasteiger partial charge < -0.3 is 14.6 Å². The zero-order valence-corrected chi connectivity index (χ0v) is 17.6. The molecule has 0 aliphatic carbocycles. The smallest absolute Gasteiger partial charge is 0.349 e. The minimum atomic E-state index is -0.861. The molecule has 0 radical (unpaired) electrons. The molecule has 1 amide bonds. The number of anilines is 1. The fourth-order valence-electron chi connectivity index (χ4n) is 2.75. The number of hydrogen-bond donors (Lipinski definition) is 1. The molecule has 2 aromatic heterocycles. The number of carbonyl (C=O) groups excluding carboxylic acids is 2. The van der Waals surface area contributed by atoms with Crippen LogP contribution in [-0.2, 0) is 20.9 Å². The summed E-state index contributed by atoms with van der Waals surface area (Å²) in [6, 6.07) is 6.86. The first-order valence-electron chi connectivity index (χ1n) is 9.08. The Morgan fingerprint density at radius 3 is 2.69 bits per heavy atom. The number of nitriles is 1. The lowest BCUT2D eigenvalue weighted by atomic mass is 10.1. The van der Waals surface area contributed by atoms with Crippen molar-refractivity contribution in [1.29, 1.82) is 5.26 Å². The van der Waals surface area contributed by atoms with Crippen molar-refractivity contribution >= 4 is 35.4 Å². The van der Waals surface area contributed by atoms with Crippen molar-refractivity contribution in [3.8, 4) is 6.07 Å². The van der Waals surface area contributed by atoms with Crippen LogP contribution in [-0.4, -0.2) is 28.0 Å². The van der Waals surface area contributed by atoms with Gasteiger partial charge in [-0.15, -0.1) is 0 Å². The Hall–Kier alpha value is -3.11. The van der Waals surface area contributed by atoms with E-state index in [9.17, 15) is 14.9 Å². The molecule has 0 atom stereocenters. The molecule has 0 aliphatic heterocycles. The predicted octanol–water partition coefficient (Wildman–Crippen LogP) is 3.90. The first-order chi connectivity index (χ1) is 13.7. The summed E-state index contributed by atoms with van der Waals surface area (Å²) >= 11 is 5.73. The van der Waals surface area contributed by atoms with Gasteiger partial charge in [-0.05, 0) is 49.6 Å². The van der Waals surface area contributed by atoms with Crippen LogP contribution in [0.5, 0.6) is 0 Å². The zero-order chi connectivity index (χ0) is 21.6. The number of carbonyl (C=O) groups is 2. The fraction of sp³-hybridized carbons (Fsp3) is 0.333. The van der Waals surface area contributed by atoms with Crippen molar-refractivity contribution in [2.75, 3.05) is 11.9 Å². The Kier molecular flexibility index (Phi) is 7.57. The summed E-state index contributed by atoms with van der Waals surface area (Å²) < 4.78 is 7.11. The molecule has 0 fully saturated rings. The number of aromatic nitrogens is 2. The molecule has 2 rings (SSSR count). The molecule has 0 aliphatic rings. The highest BCUT2D eigenvalue weighted by Gasteiger charge is 2.16. The number of esters is 1. The highest BCUT2D eigenvalue weighted by atomic mass is 35.5. The van der Waals surface area contributed by atoms with Crippen LogP contribution in [0.15, 0.2) is 30.0 Å². The third kappa shape index (κ3) is 6.19. The van der Waals surface area contributed by atoms with Gasteiger partial charge in [-0.25, -0.2) is 9.78 Å². The molecular formula is C21H23ClN4O3. The van der Waals surface area contributed by atoms with Crippen molar-refractivity contribution in [2.45, 2.75) is 34.2 Å². The van der Waals surface area contributed by atoms with Crippen LogP contribution >= 0.6 is 11.6 Å². The molecule has 0 bridgehead atoms. The van der Waals surface area contributed by atoms with Gasteiger partial charge in [-0.2, -0.15) is 5.26 Å². The fourth-order valence-corrected chi connectivity index (χ4v) is 2.86. The van der Waals surface area contributed by atoms with E-state index in [-0.39, 0.29) is 11.4 Å². The number of hydrogen-bond acceptors (Lipinski definition) is 5. The van der Waals surface area contributed by atoms with Crippen molar-refractivity contribution in [3.05, 3.63) is 51.9 Å². The van der Waals surface area contributed by atoms with Gasteiger partial charge in [0.05, 0.1) is 5.02 Å². The van der Waals surface area contributed by atoms with E-state index in [1.165, 1.54) is 18.3 Å². The van der Waals surface area contributed by atoms with Gasteiger partial charge in [-0.3, -0.25) is 4.79 Å². The maximum absolute atomic E-state index is 12.2. The van der Waals surface area contributed by atoms with Crippen LogP contribution in [0, 0.1) is 31.1 Å². The van der Waals surface area contributed by atoms with E-state index < -0.39 is 18.5 Å². The summed E-state index contributed by atoms with van der Waals surface area (Å²) in [6.07, 6.45) is 2.87. The Labute approximate surface area is 174 Å². The molecular weight excluding hydrogens is 392 g/mol. The summed E-state index contributed by atoms with van der Waals surface area (Å²) in [5.41, 5.74) is 2.60. The van der Waals surface area contributed by atoms with Gasteiger partial charge in [0.15, 0.2) is 6.61 Å². The first-order valence-corrected chi connectivity index (χ1v) is 9.46. The van der Waals surface area contributed by atoms with E-state index >= 15 is 0 Å². The second kappa shape index (κ2) is 9.89. The summed E-state index contributed by atoms with van der Waals surface area (Å²) in [4.78, 5) is 28.1. The standard InChI is InChI=1S/C21H23ClN4O3/c1-13(2)11-26-14(3)7-16(15(26)4)8-17(9-23)21(28)29-12-20(27)25-19-6-5-18(22)10-24-19/h5-8,10,13H,11-12H2,1-4H3,(H,24,25,27). The molecule has 2 heterocycles. The van der Waals surface area contributed by atoms with Crippen LogP contribution in [0.1, 0.15) is 30.8 Å². The van der Waals surface area contributed by atoms with Crippen LogP contribution in [0.3, 0.4) is 0 Å². The summed E-state index contributed by atoms with van der Waals surface area (Å²) in [5.74, 6) is -0.685. The normalized spacial score (nSPS) is 11.3. The molecule has 152 valence electrons. The van der Waals surface area contributed by atoms with E-state index in [1.807, 2.05) is 26.0 Å². The van der Waals surface area contributed by atoms with Crippen molar-refractivity contribution in [2.24, 2.45) is 5.92 Å². The molecule has 8 heteroatoms. The average Bonchev–Trinajstić information content (AvgIpc) is 2.93. The maximum Gasteiger partial charge on any atom is 0.349 e. The maximum atomic E-state index is 12.2. The lowest BCUT2D eigenvalue weighted by Crippen LogP contribution is -2.21. The summed E-state index contributed by atoms with van der Waals surface area (Å²) in [6.45, 7) is 8.47. The number of pyridine rings is 1. The van der Waals surface area contributed by atoms with Crippen LogP contribution in [0.4, 0.5) is 5.82 Å². The van der Waals surface area contributed by atoms with Gasteiger partial charge in [0.1, 0.15) is 17.5 Å². The number of aryl methyl sites for hydroxylation is 1. The van der Waals surface area contributed by atoms with E-state index in [1.54, 1.807) is 6.07 Å². The largest absolute Gasteiger partial charge is 0.451 e. The van der Waals surface area contributed by atoms with E-state index in [0.29, 0.717) is 10.9 Å². The number of nitrogens with one attached hydrogen (secondary N) is 1. The molecule has 0 saturated heterocycles. The van der Waals surface area contributed by atoms with E-state index in [0.717, 1.165) is 23.5 Å². The number of ether oxygens (including phenoxy) is 1. The van der Waals surface area contributed by atoms with Crippen molar-refractivity contribution in [1.82, 2.24) is 9.55 Å². The van der Waals surface area contributed by atoms with E-state index in [2.05, 4.69) is 28.7 Å². The van der Waals surface area contributed by atoms with Crippen molar-refractivity contribution in [3.63, 3.8) is 0 Å². The Morgan fingerprint density at radius 2 is 2.10 bits per heavy atom. The second-order valence-corrected chi connectivity index (χ2v) is 7.42. The molecule has 29 heavy (non-hydrogen) atoms. The molecule has 0 unspecified atom stereocenters. The Balaban J connectivity index is 2.04. The lowest BCUT2D eigenvalue weighted by molar-refractivity contribution is -0.142. The molecule has 1 N–H and O–H groups in total. The zero-order valence-electron chi connectivity index (χ0n) is 16.8. The van der Waals surface area contributed by atoms with Gasteiger partial charge in [0.25, 0.3) is 5.91 Å². The highest BCUT2D eigenvalue weighted by molar-refractivity contribution is 6.30. The Morgan fingerprint density at radius 1 is 1.38 bits per heavy atom. The van der Waals surface area contributed by atoms with Gasteiger partial charge in [0, 0.05) is 24.1 Å². The third-order valence-electron chi connectivity index (χ3n) is 4.13. The molecule has 0 aromatic carbocycles. The van der Waals surface area contributed by atoms with Crippen molar-refractivity contribution < 1.29 is 14.3 Å². The Bertz CT molecular complexity index is 969. The topological polar surface area (TPSA) is 97.0 Å². The van der Waals surface area contributed by atoms with Crippen LogP contribution in [0.25, 0.3) is 6.08 Å². The average molecular weight is 415 g/mol. The number of halogens is 1.